The molecular formula is C53H101BO3S. The van der Waals surface area contributed by atoms with Crippen molar-refractivity contribution in [1.82, 2.24) is 0 Å². The largest absolute Gasteiger partial charge is 0.347 e. The highest BCUT2D eigenvalue weighted by Crippen LogP contribution is 2.67. The van der Waals surface area contributed by atoms with Gasteiger partial charge in [0, 0.05) is 18.9 Å². The summed E-state index contributed by atoms with van der Waals surface area (Å²) in [4.78, 5) is 0. The van der Waals surface area contributed by atoms with Gasteiger partial charge in [0.1, 0.15) is 0 Å². The zero-order valence-corrected chi connectivity index (χ0v) is 41.6. The molecule has 9 unspecified atom stereocenters. The Morgan fingerprint density at radius 2 is 1.33 bits per heavy atom. The van der Waals surface area contributed by atoms with Gasteiger partial charge in [0.2, 0.25) is 0 Å². The van der Waals surface area contributed by atoms with Crippen LogP contribution in [0, 0.1) is 46.3 Å². The number of rotatable bonds is 30. The van der Waals surface area contributed by atoms with Gasteiger partial charge >= 0.3 is 0 Å². The molecule has 2 radical (unpaired) electrons. The summed E-state index contributed by atoms with van der Waals surface area (Å²) in [7, 11) is 4.07. The lowest BCUT2D eigenvalue weighted by Gasteiger charge is -2.58. The van der Waals surface area contributed by atoms with Crippen LogP contribution in [-0.4, -0.2) is 39.4 Å². The Labute approximate surface area is 367 Å². The second-order valence-electron chi connectivity index (χ2n) is 21.0. The molecule has 4 aliphatic rings. The molecule has 0 heterocycles. The lowest BCUT2D eigenvalue weighted by molar-refractivity contribution is -0.137. The molecule has 4 rings (SSSR count). The Balaban J connectivity index is 0.00000443. The molecule has 340 valence electrons. The van der Waals surface area contributed by atoms with Crippen molar-refractivity contribution in [3.63, 3.8) is 0 Å². The maximum Gasteiger partial charge on any atom is 0.180 e. The fourth-order valence-electron chi connectivity index (χ4n) is 12.6. The minimum absolute atomic E-state index is 0.162. The molecule has 3 fully saturated rings. The fourth-order valence-corrected chi connectivity index (χ4v) is 13.8. The van der Waals surface area contributed by atoms with Crippen molar-refractivity contribution in [3.8, 4) is 0 Å². The van der Waals surface area contributed by atoms with Crippen molar-refractivity contribution < 1.29 is 13.1 Å². The molecule has 4 aliphatic carbocycles. The molecule has 3 nitrogen and oxygen atoms in total. The maximum atomic E-state index is 7.06. The molecule has 0 aromatic carbocycles. The zero-order chi connectivity index (χ0) is 42.4. The van der Waals surface area contributed by atoms with Crippen molar-refractivity contribution in [2.24, 2.45) is 46.3 Å². The van der Waals surface area contributed by atoms with Gasteiger partial charge in [-0.2, -0.15) is 10.6 Å². The molecule has 0 spiro atoms. The molecule has 3 saturated carbocycles. The van der Waals surface area contributed by atoms with Gasteiger partial charge in [0.25, 0.3) is 0 Å². The topological polar surface area (TPSA) is 27.7 Å². The highest BCUT2D eigenvalue weighted by atomic mass is 32.3. The third-order valence-electron chi connectivity index (χ3n) is 16.0. The number of hydrogen-bond acceptors (Lipinski definition) is 3. The average molecular weight is 829 g/mol. The molecule has 5 heteroatoms. The summed E-state index contributed by atoms with van der Waals surface area (Å²) >= 11 is 0. The standard InChI is InChI=1S/C51H95BO3S.C2H6/c1-9-10-11-12-13-14-15-16-17-18-19-20-23-29-49(55-56(7,8)53-39-25-22-21-24-38-52)54-44-34-36-50(5)43(40-44)30-31-45-47-33-32-46(42(4)28-26-27-41(2)3)51(47,6)37-35-48(45)50;1-2/h30,41-42,44-49H,9-29,31-40H2,1-8H3;1-2H3. The summed E-state index contributed by atoms with van der Waals surface area (Å²) in [5, 5.41) is 0. The van der Waals surface area contributed by atoms with Gasteiger partial charge in [-0.3, -0.25) is 8.37 Å². The van der Waals surface area contributed by atoms with Crippen LogP contribution >= 0.6 is 10.6 Å². The molecule has 0 N–H and O–H groups in total. The Kier molecular flexibility index (Phi) is 25.2. The van der Waals surface area contributed by atoms with Crippen LogP contribution in [0.4, 0.5) is 0 Å². The second kappa shape index (κ2) is 28.0. The normalized spacial score (nSPS) is 29.5. The van der Waals surface area contributed by atoms with Crippen molar-refractivity contribution >= 4 is 18.4 Å². The van der Waals surface area contributed by atoms with Crippen LogP contribution in [0.5, 0.6) is 0 Å². The molecule has 0 aromatic rings. The first-order valence-corrected chi connectivity index (χ1v) is 28.3. The van der Waals surface area contributed by atoms with E-state index in [2.05, 4.69) is 60.1 Å². The Morgan fingerprint density at radius 1 is 0.707 bits per heavy atom. The molecule has 0 amide bonds. The van der Waals surface area contributed by atoms with Crippen molar-refractivity contribution in [1.29, 1.82) is 0 Å². The van der Waals surface area contributed by atoms with E-state index in [1.807, 2.05) is 13.8 Å². The number of unbranched alkanes of at least 4 members (excludes halogenated alkanes) is 15. The van der Waals surface area contributed by atoms with Crippen LogP contribution in [0.3, 0.4) is 0 Å². The van der Waals surface area contributed by atoms with Crippen LogP contribution in [0.2, 0.25) is 6.32 Å². The predicted octanol–water partition coefficient (Wildman–Crippen LogP) is 17.3. The van der Waals surface area contributed by atoms with E-state index in [9.17, 15) is 0 Å². The van der Waals surface area contributed by atoms with E-state index < -0.39 is 10.6 Å². The number of allylic oxidation sites excluding steroid dienone is 1. The third-order valence-corrected chi connectivity index (χ3v) is 17.4. The maximum absolute atomic E-state index is 7.06. The average Bonchev–Trinajstić information content (AvgIpc) is 3.56. The van der Waals surface area contributed by atoms with Gasteiger partial charge in [-0.1, -0.05) is 189 Å². The van der Waals surface area contributed by atoms with Gasteiger partial charge in [0.15, 0.2) is 6.29 Å². The van der Waals surface area contributed by atoms with E-state index >= 15 is 0 Å². The minimum Gasteiger partial charge on any atom is -0.347 e. The highest BCUT2D eigenvalue weighted by Gasteiger charge is 2.59. The molecule has 0 saturated heterocycles. The van der Waals surface area contributed by atoms with Crippen molar-refractivity contribution in [3.05, 3.63) is 11.6 Å². The van der Waals surface area contributed by atoms with Crippen LogP contribution in [-0.2, 0) is 13.1 Å². The van der Waals surface area contributed by atoms with E-state index in [1.165, 1.54) is 161 Å². The molecule has 0 bridgehead atoms. The fraction of sp³-hybridized carbons (Fsp3) is 0.962. The zero-order valence-electron chi connectivity index (χ0n) is 40.8. The number of hydrogen-bond donors (Lipinski definition) is 0. The second-order valence-corrected chi connectivity index (χ2v) is 23.7. The summed E-state index contributed by atoms with van der Waals surface area (Å²) < 4.78 is 20.3. The number of ether oxygens (including phenoxy) is 1. The summed E-state index contributed by atoms with van der Waals surface area (Å²) in [6.45, 7) is 19.9. The minimum atomic E-state index is -1.64. The Morgan fingerprint density at radius 3 is 1.97 bits per heavy atom. The summed E-state index contributed by atoms with van der Waals surface area (Å²) in [5.41, 5.74) is 2.64. The van der Waals surface area contributed by atoms with Crippen LogP contribution in [0.25, 0.3) is 0 Å². The smallest absolute Gasteiger partial charge is 0.180 e. The highest BCUT2D eigenvalue weighted by molar-refractivity contribution is 8.24. The van der Waals surface area contributed by atoms with E-state index in [1.54, 1.807) is 5.57 Å². The van der Waals surface area contributed by atoms with Gasteiger partial charge < -0.3 is 4.74 Å². The monoisotopic (exact) mass is 829 g/mol. The van der Waals surface area contributed by atoms with E-state index in [0.717, 1.165) is 74.1 Å². The molecular weight excluding hydrogens is 727 g/mol. The number of fused-ring (bicyclic) bond motifs is 5. The van der Waals surface area contributed by atoms with Crippen molar-refractivity contribution in [2.75, 3.05) is 19.1 Å². The van der Waals surface area contributed by atoms with Crippen LogP contribution in [0.1, 0.15) is 242 Å². The van der Waals surface area contributed by atoms with E-state index in [4.69, 9.17) is 20.9 Å². The van der Waals surface area contributed by atoms with Gasteiger partial charge in [-0.25, -0.2) is 0 Å². The molecule has 58 heavy (non-hydrogen) atoms. The SMILES string of the molecule is CC.[B]CCCCCCOS(C)(C)OC(CCCCCCCCCCCCCCC)OC1CCC2(C)C(=CCC3C2CCC2(C)C(C(C)CCCC(C)C)CCC32)C1. The summed E-state index contributed by atoms with van der Waals surface area (Å²) in [5.74, 6) is 5.32. The van der Waals surface area contributed by atoms with Gasteiger partial charge in [-0.05, 0) is 111 Å². The first kappa shape index (κ1) is 52.4. The van der Waals surface area contributed by atoms with E-state index in [0.29, 0.717) is 10.8 Å². The quantitative estimate of drug-likeness (QED) is 0.0312. The van der Waals surface area contributed by atoms with Crippen molar-refractivity contribution in [2.45, 2.75) is 260 Å². The third kappa shape index (κ3) is 16.6. The van der Waals surface area contributed by atoms with Gasteiger partial charge in [-0.15, -0.1) is 0 Å². The molecule has 0 aliphatic heterocycles. The molecule has 0 aromatic heterocycles. The van der Waals surface area contributed by atoms with Crippen LogP contribution in [0.15, 0.2) is 11.6 Å². The first-order valence-electron chi connectivity index (χ1n) is 26.0. The predicted molar refractivity (Wildman–Crippen MR) is 259 cm³/mol. The Hall–Kier alpha value is 0.0349. The molecule has 9 atom stereocenters. The summed E-state index contributed by atoms with van der Waals surface area (Å²) in [6.07, 6.45) is 46.5. The van der Waals surface area contributed by atoms with E-state index in [-0.39, 0.29) is 12.4 Å². The lowest BCUT2D eigenvalue weighted by Crippen LogP contribution is -2.51. The van der Waals surface area contributed by atoms with Crippen LogP contribution < -0.4 is 0 Å². The lowest BCUT2D eigenvalue weighted by atomic mass is 9.47. The Bertz CT molecular complexity index is 1090. The van der Waals surface area contributed by atoms with Gasteiger partial charge in [0.05, 0.1) is 20.6 Å². The summed E-state index contributed by atoms with van der Waals surface area (Å²) in [6, 6.07) is 0. The first-order chi connectivity index (χ1) is 27.9.